The quantitative estimate of drug-likeness (QED) is 0.327. The van der Waals surface area contributed by atoms with Crippen LogP contribution in [0.15, 0.2) is 57.8 Å². The summed E-state index contributed by atoms with van der Waals surface area (Å²) in [4.78, 5) is 16.8. The van der Waals surface area contributed by atoms with E-state index in [2.05, 4.69) is 17.6 Å². The van der Waals surface area contributed by atoms with Gasteiger partial charge in [-0.1, -0.05) is 43.1 Å². The van der Waals surface area contributed by atoms with E-state index < -0.39 is 0 Å². The highest BCUT2D eigenvalue weighted by Crippen LogP contribution is 2.31. The van der Waals surface area contributed by atoms with Crippen molar-refractivity contribution in [3.05, 3.63) is 58.4 Å². The fourth-order valence-corrected chi connectivity index (χ4v) is 3.64. The number of hydrogen-bond acceptors (Lipinski definition) is 5. The number of ether oxygens (including phenoxy) is 1. The monoisotopic (exact) mass is 418 g/mol. The minimum Gasteiger partial charge on any atom is -0.374 e. The Hall–Kier alpha value is -2.19. The van der Waals surface area contributed by atoms with Crippen LogP contribution in [0.5, 0.6) is 0 Å². The van der Waals surface area contributed by atoms with Gasteiger partial charge in [0.25, 0.3) is 11.7 Å². The fraction of sp³-hybridized carbons (Fsp3) is 0.429. The molecule has 0 fully saturated rings. The summed E-state index contributed by atoms with van der Waals surface area (Å²) in [6.07, 6.45) is 3.82. The Morgan fingerprint density at radius 1 is 1.34 bits per heavy atom. The molecule has 0 bridgehead atoms. The van der Waals surface area contributed by atoms with Crippen LogP contribution in [-0.4, -0.2) is 48.8 Å². The zero-order valence-electron chi connectivity index (χ0n) is 17.0. The third-order valence-electron chi connectivity index (χ3n) is 5.02. The van der Waals surface area contributed by atoms with Crippen molar-refractivity contribution < 1.29 is 14.1 Å². The number of quaternary nitrogens is 1. The maximum absolute atomic E-state index is 12.0. The summed E-state index contributed by atoms with van der Waals surface area (Å²) in [5.41, 5.74) is 2.52. The number of aliphatic imine (C=N–C) groups is 1. The summed E-state index contributed by atoms with van der Waals surface area (Å²) in [7, 11) is 0. The summed E-state index contributed by atoms with van der Waals surface area (Å²) >= 11 is 6.42. The number of rotatable bonds is 9. The van der Waals surface area contributed by atoms with Crippen LogP contribution < -0.4 is 16.5 Å². The third-order valence-corrected chi connectivity index (χ3v) is 5.40. The first-order valence-corrected chi connectivity index (χ1v) is 10.3. The largest absolute Gasteiger partial charge is 0.374 e. The van der Waals surface area contributed by atoms with Gasteiger partial charge in [-0.15, -0.1) is 0 Å². The molecule has 0 radical (unpaired) electrons. The summed E-state index contributed by atoms with van der Waals surface area (Å²) in [5, 5.41) is 6.90. The van der Waals surface area contributed by atoms with Crippen LogP contribution in [0.3, 0.4) is 0 Å². The van der Waals surface area contributed by atoms with E-state index in [1.165, 1.54) is 0 Å². The highest BCUT2D eigenvalue weighted by atomic mass is 35.5. The number of nitrogens with zero attached hydrogens (tertiary/aromatic N) is 2. The normalized spacial score (nSPS) is 23.2. The molecule has 0 aliphatic carbocycles. The molecule has 2 heterocycles. The summed E-state index contributed by atoms with van der Waals surface area (Å²) in [6.45, 7) is 5.86. The van der Waals surface area contributed by atoms with Crippen molar-refractivity contribution in [2.24, 2.45) is 10.8 Å². The molecule has 0 spiro atoms. The lowest BCUT2D eigenvalue weighted by Crippen LogP contribution is -2.58. The van der Waals surface area contributed by atoms with Crippen LogP contribution in [0.1, 0.15) is 37.0 Å². The first-order chi connectivity index (χ1) is 13.9. The van der Waals surface area contributed by atoms with E-state index in [0.29, 0.717) is 36.9 Å². The van der Waals surface area contributed by atoms with Crippen molar-refractivity contribution in [1.29, 1.82) is 0 Å². The van der Waals surface area contributed by atoms with Gasteiger partial charge >= 0.3 is 0 Å². The average Bonchev–Trinajstić information content (AvgIpc) is 3.15. The number of nitrogens with two attached hydrogens (primary N) is 1. The summed E-state index contributed by atoms with van der Waals surface area (Å²) < 4.78 is 5.71. The minimum atomic E-state index is -0.110. The molecule has 4 N–H and O–H groups in total. The Kier molecular flexibility index (Phi) is 7.08. The van der Waals surface area contributed by atoms with E-state index in [-0.39, 0.29) is 16.7 Å². The number of halogens is 1. The van der Waals surface area contributed by atoms with E-state index in [0.717, 1.165) is 29.9 Å². The van der Waals surface area contributed by atoms with Gasteiger partial charge < -0.3 is 15.4 Å². The van der Waals surface area contributed by atoms with Gasteiger partial charge in [0.05, 0.1) is 13.2 Å². The molecule has 0 saturated heterocycles. The molecule has 0 aromatic heterocycles. The number of carbonyl (C=O) groups is 1. The minimum absolute atomic E-state index is 0.00902. The Balaban J connectivity index is 1.49. The van der Waals surface area contributed by atoms with Crippen LogP contribution in [0.25, 0.3) is 0 Å². The Morgan fingerprint density at radius 2 is 2.10 bits per heavy atom. The Bertz CT molecular complexity index is 837. The maximum atomic E-state index is 12.0. The van der Waals surface area contributed by atoms with E-state index in [9.17, 15) is 4.79 Å². The number of benzene rings is 1. The highest BCUT2D eigenvalue weighted by molar-refractivity contribution is 6.32. The number of nitrogens with one attached hydrogen (secondary N) is 2. The van der Waals surface area contributed by atoms with E-state index in [1.54, 1.807) is 12.1 Å². The zero-order valence-corrected chi connectivity index (χ0v) is 17.7. The van der Waals surface area contributed by atoms with Crippen LogP contribution in [0.2, 0.25) is 0 Å². The van der Waals surface area contributed by atoms with Crippen molar-refractivity contribution >= 4 is 23.3 Å². The van der Waals surface area contributed by atoms with Crippen molar-refractivity contribution in [3.63, 3.8) is 0 Å². The number of fused-ring (bicyclic) bond motifs is 1. The Morgan fingerprint density at radius 3 is 2.83 bits per heavy atom. The molecule has 156 valence electrons. The van der Waals surface area contributed by atoms with Gasteiger partial charge in [-0.2, -0.15) is 10.4 Å². The molecular formula is C21H29ClN5O2+. The molecule has 7 nitrogen and oxygen atoms in total. The molecule has 0 saturated carbocycles. The van der Waals surface area contributed by atoms with Gasteiger partial charge in [0.15, 0.2) is 0 Å². The number of hydrogen-bond donors (Lipinski definition) is 3. The van der Waals surface area contributed by atoms with Crippen molar-refractivity contribution in [2.75, 3.05) is 26.3 Å². The molecule has 2 aliphatic heterocycles. The third kappa shape index (κ3) is 5.05. The van der Waals surface area contributed by atoms with Crippen molar-refractivity contribution in [2.45, 2.75) is 32.9 Å². The predicted molar refractivity (Wildman–Crippen MR) is 115 cm³/mol. The Labute approximate surface area is 176 Å². The van der Waals surface area contributed by atoms with E-state index in [1.807, 2.05) is 31.3 Å². The number of amides is 1. The number of allylic oxidation sites excluding steroid dienone is 2. The number of amidine groups is 1. The highest BCUT2D eigenvalue weighted by Gasteiger charge is 2.42. The molecule has 2 aliphatic rings. The molecule has 29 heavy (non-hydrogen) atoms. The smallest absolute Gasteiger partial charge is 0.273 e. The van der Waals surface area contributed by atoms with Crippen molar-refractivity contribution in [3.8, 4) is 0 Å². The molecular weight excluding hydrogens is 390 g/mol. The summed E-state index contributed by atoms with van der Waals surface area (Å²) in [6, 6.07) is 9.11. The molecule has 2 atom stereocenters. The lowest BCUT2D eigenvalue weighted by atomic mass is 10.1. The maximum Gasteiger partial charge on any atom is 0.273 e. The predicted octanol–water partition coefficient (Wildman–Crippen LogP) is 2.62. The topological polar surface area (TPSA) is 88.7 Å². The van der Waals surface area contributed by atoms with Crippen LogP contribution in [0, 0.1) is 0 Å². The zero-order chi connectivity index (χ0) is 20.9. The second-order valence-electron chi connectivity index (χ2n) is 7.27. The number of carbonyl (C=O) groups excluding carboxylic acids is 1. The average molecular weight is 419 g/mol. The van der Waals surface area contributed by atoms with Gasteiger partial charge in [-0.3, -0.25) is 4.79 Å². The molecule has 1 amide bonds. The summed E-state index contributed by atoms with van der Waals surface area (Å²) in [5.74, 6) is 7.30. The van der Waals surface area contributed by atoms with Crippen LogP contribution in [-0.2, 0) is 4.74 Å². The van der Waals surface area contributed by atoms with Gasteiger partial charge in [-0.25, -0.2) is 4.99 Å². The second-order valence-corrected chi connectivity index (χ2v) is 7.67. The molecule has 3 rings (SSSR count). The van der Waals surface area contributed by atoms with Gasteiger partial charge in [0.2, 0.25) is 0 Å². The molecule has 1 aromatic rings. The standard InChI is InChI=1S/C21H28ClN5O2/c1-3-7-18-25-19-15(2)17(22)14-27(23,20(19)26-18)11-13-29-12-10-24-21(28)16-8-5-4-6-9-16/h4-6,8-9,14,18,25H,3,7,10-13,23H2,1-2H3/p+1. The molecule has 8 heteroatoms. The second kappa shape index (κ2) is 9.54. The van der Waals surface area contributed by atoms with E-state index >= 15 is 0 Å². The molecule has 1 aromatic carbocycles. The van der Waals surface area contributed by atoms with E-state index in [4.69, 9.17) is 27.2 Å². The van der Waals surface area contributed by atoms with Crippen LogP contribution in [0.4, 0.5) is 0 Å². The van der Waals surface area contributed by atoms with Gasteiger partial charge in [0, 0.05) is 17.7 Å². The van der Waals surface area contributed by atoms with Gasteiger partial charge in [-0.05, 0) is 25.5 Å². The fourth-order valence-electron chi connectivity index (χ4n) is 3.37. The lowest BCUT2D eigenvalue weighted by molar-refractivity contribution is -0.802. The van der Waals surface area contributed by atoms with Gasteiger partial charge in [0.1, 0.15) is 29.6 Å². The lowest BCUT2D eigenvalue weighted by Gasteiger charge is -2.31. The first-order valence-electron chi connectivity index (χ1n) is 9.97. The SMILES string of the molecule is CCCC1N=C2C(=C(C)C(Cl)=C[N+]2(N)CCOCCNC(=O)c2ccccc2)N1. The first kappa shape index (κ1) is 21.5. The molecule has 2 unspecified atom stereocenters. The van der Waals surface area contributed by atoms with Crippen LogP contribution >= 0.6 is 11.6 Å². The van der Waals surface area contributed by atoms with Crippen molar-refractivity contribution in [1.82, 2.24) is 10.6 Å².